The fourth-order valence-electron chi connectivity index (χ4n) is 3.62. The van der Waals surface area contributed by atoms with Crippen LogP contribution in [0.15, 0.2) is 30.3 Å². The molecule has 8 nitrogen and oxygen atoms in total. The van der Waals surface area contributed by atoms with Gasteiger partial charge in [0.25, 0.3) is 5.91 Å². The molecule has 0 saturated carbocycles. The van der Waals surface area contributed by atoms with Crippen molar-refractivity contribution in [2.75, 3.05) is 25.0 Å². The van der Waals surface area contributed by atoms with E-state index in [1.54, 1.807) is 4.90 Å². The Kier molecular flexibility index (Phi) is 5.06. The monoisotopic (exact) mass is 368 g/mol. The molecule has 3 heterocycles. The molecule has 4 rings (SSSR count). The molecule has 1 saturated heterocycles. The van der Waals surface area contributed by atoms with Crippen LogP contribution in [0, 0.1) is 0 Å². The number of hydrogen-bond donors (Lipinski definition) is 4. The summed E-state index contributed by atoms with van der Waals surface area (Å²) in [7, 11) is 0. The maximum atomic E-state index is 12.6. The maximum absolute atomic E-state index is 12.6. The summed E-state index contributed by atoms with van der Waals surface area (Å²) in [4.78, 5) is 26.7. The zero-order chi connectivity index (χ0) is 18.6. The van der Waals surface area contributed by atoms with Gasteiger partial charge in [-0.25, -0.2) is 4.79 Å². The number of fused-ring (bicyclic) bond motifs is 1. The second kappa shape index (κ2) is 7.79. The van der Waals surface area contributed by atoms with Crippen molar-refractivity contribution in [2.45, 2.75) is 31.8 Å². The number of hydrogen-bond acceptors (Lipinski definition) is 4. The predicted molar refractivity (Wildman–Crippen MR) is 102 cm³/mol. The number of urea groups is 1. The lowest BCUT2D eigenvalue weighted by molar-refractivity contribution is 0.0913. The zero-order valence-corrected chi connectivity index (χ0v) is 15.1. The summed E-state index contributed by atoms with van der Waals surface area (Å²) in [5.74, 6) is -0.136. The SMILES string of the molecule is O=C(NC1CCN(C(=O)Nc2ccccc2)CC1)c1n[nH]c2c1CNCC2. The van der Waals surface area contributed by atoms with Gasteiger partial charge in [0.2, 0.25) is 0 Å². The number of aromatic nitrogens is 2. The van der Waals surface area contributed by atoms with Gasteiger partial charge in [0.1, 0.15) is 0 Å². The van der Waals surface area contributed by atoms with Gasteiger partial charge >= 0.3 is 6.03 Å². The lowest BCUT2D eigenvalue weighted by Gasteiger charge is -2.32. The molecular formula is C19H24N6O2. The number of likely N-dealkylation sites (tertiary alicyclic amines) is 1. The molecule has 8 heteroatoms. The molecule has 0 radical (unpaired) electrons. The van der Waals surface area contributed by atoms with Gasteiger partial charge in [0.15, 0.2) is 5.69 Å². The Balaban J connectivity index is 1.29. The summed E-state index contributed by atoms with van der Waals surface area (Å²) in [5.41, 5.74) is 3.29. The number of H-pyrrole nitrogens is 1. The summed E-state index contributed by atoms with van der Waals surface area (Å²) in [6.45, 7) is 2.81. The van der Waals surface area contributed by atoms with Crippen LogP contribution in [0.2, 0.25) is 0 Å². The van der Waals surface area contributed by atoms with Crippen LogP contribution in [0.5, 0.6) is 0 Å². The first-order valence-corrected chi connectivity index (χ1v) is 9.39. The molecule has 0 spiro atoms. The molecule has 2 aliphatic rings. The van der Waals surface area contributed by atoms with Gasteiger partial charge < -0.3 is 20.9 Å². The third kappa shape index (κ3) is 3.95. The van der Waals surface area contributed by atoms with Crippen molar-refractivity contribution in [3.63, 3.8) is 0 Å². The Morgan fingerprint density at radius 3 is 2.70 bits per heavy atom. The number of benzene rings is 1. The van der Waals surface area contributed by atoms with E-state index in [0.29, 0.717) is 25.3 Å². The molecule has 2 aliphatic heterocycles. The third-order valence-electron chi connectivity index (χ3n) is 5.16. The molecule has 27 heavy (non-hydrogen) atoms. The molecule has 1 aromatic carbocycles. The Morgan fingerprint density at radius 1 is 1.15 bits per heavy atom. The van der Waals surface area contributed by atoms with Crippen molar-refractivity contribution in [3.8, 4) is 0 Å². The van der Waals surface area contributed by atoms with Gasteiger partial charge in [0.05, 0.1) is 0 Å². The fraction of sp³-hybridized carbons (Fsp3) is 0.421. The van der Waals surface area contributed by atoms with Gasteiger partial charge in [-0.05, 0) is 25.0 Å². The molecule has 0 bridgehead atoms. The summed E-state index contributed by atoms with van der Waals surface area (Å²) < 4.78 is 0. The highest BCUT2D eigenvalue weighted by Gasteiger charge is 2.27. The van der Waals surface area contributed by atoms with Crippen LogP contribution < -0.4 is 16.0 Å². The van der Waals surface area contributed by atoms with E-state index in [0.717, 1.165) is 42.8 Å². The quantitative estimate of drug-likeness (QED) is 0.659. The first-order chi connectivity index (χ1) is 13.2. The molecule has 0 unspecified atom stereocenters. The van der Waals surface area contributed by atoms with E-state index in [4.69, 9.17) is 0 Å². The third-order valence-corrected chi connectivity index (χ3v) is 5.16. The minimum Gasteiger partial charge on any atom is -0.348 e. The van der Waals surface area contributed by atoms with E-state index < -0.39 is 0 Å². The number of rotatable bonds is 3. The van der Waals surface area contributed by atoms with Gasteiger partial charge in [-0.1, -0.05) is 18.2 Å². The Bertz CT molecular complexity index is 811. The second-order valence-corrected chi connectivity index (χ2v) is 6.99. The zero-order valence-electron chi connectivity index (χ0n) is 15.1. The van der Waals surface area contributed by atoms with Crippen molar-refractivity contribution < 1.29 is 9.59 Å². The number of amides is 3. The molecule has 1 aromatic heterocycles. The number of piperidine rings is 1. The van der Waals surface area contributed by atoms with E-state index in [9.17, 15) is 9.59 Å². The fourth-order valence-corrected chi connectivity index (χ4v) is 3.62. The Labute approximate surface area is 157 Å². The van der Waals surface area contributed by atoms with E-state index in [-0.39, 0.29) is 18.0 Å². The van der Waals surface area contributed by atoms with E-state index in [1.807, 2.05) is 30.3 Å². The summed E-state index contributed by atoms with van der Waals surface area (Å²) in [6, 6.07) is 9.38. The lowest BCUT2D eigenvalue weighted by atomic mass is 10.0. The van der Waals surface area contributed by atoms with Crippen LogP contribution in [0.4, 0.5) is 10.5 Å². The first kappa shape index (κ1) is 17.5. The number of carbonyl (C=O) groups is 2. The number of para-hydroxylation sites is 1. The van der Waals surface area contributed by atoms with Crippen molar-refractivity contribution in [1.82, 2.24) is 25.7 Å². The number of aromatic amines is 1. The average Bonchev–Trinajstić information content (AvgIpc) is 3.13. The van der Waals surface area contributed by atoms with Crippen molar-refractivity contribution in [2.24, 2.45) is 0 Å². The molecule has 4 N–H and O–H groups in total. The van der Waals surface area contributed by atoms with Gasteiger partial charge in [-0.3, -0.25) is 9.89 Å². The van der Waals surface area contributed by atoms with E-state index >= 15 is 0 Å². The maximum Gasteiger partial charge on any atom is 0.321 e. The van der Waals surface area contributed by atoms with Crippen LogP contribution in [0.3, 0.4) is 0 Å². The predicted octanol–water partition coefficient (Wildman–Crippen LogP) is 1.48. The molecule has 142 valence electrons. The lowest BCUT2D eigenvalue weighted by Crippen LogP contribution is -2.48. The Morgan fingerprint density at radius 2 is 1.93 bits per heavy atom. The Hall–Kier alpha value is -2.87. The van der Waals surface area contributed by atoms with Crippen LogP contribution >= 0.6 is 0 Å². The van der Waals surface area contributed by atoms with Gasteiger partial charge in [-0.2, -0.15) is 5.10 Å². The summed E-state index contributed by atoms with van der Waals surface area (Å²) >= 11 is 0. The molecular weight excluding hydrogens is 344 g/mol. The molecule has 0 atom stereocenters. The molecule has 2 aromatic rings. The summed E-state index contributed by atoms with van der Waals surface area (Å²) in [5, 5.41) is 16.4. The standard InChI is InChI=1S/C19H24N6O2/c26-18(17-15-12-20-9-6-16(15)23-24-17)21-14-7-10-25(11-8-14)19(27)22-13-4-2-1-3-5-13/h1-5,14,20H,6-12H2,(H,21,26)(H,22,27)(H,23,24). The largest absolute Gasteiger partial charge is 0.348 e. The van der Waals surface area contributed by atoms with Gasteiger partial charge in [-0.15, -0.1) is 0 Å². The van der Waals surface area contributed by atoms with E-state index in [1.165, 1.54) is 0 Å². The van der Waals surface area contributed by atoms with Crippen LogP contribution in [-0.2, 0) is 13.0 Å². The van der Waals surface area contributed by atoms with Crippen molar-refractivity contribution >= 4 is 17.6 Å². The molecule has 3 amide bonds. The number of carbonyl (C=O) groups excluding carboxylic acids is 2. The number of anilines is 1. The molecule has 0 aliphatic carbocycles. The first-order valence-electron chi connectivity index (χ1n) is 9.39. The topological polar surface area (TPSA) is 102 Å². The number of nitrogens with one attached hydrogen (secondary N) is 4. The van der Waals surface area contributed by atoms with Crippen molar-refractivity contribution in [1.29, 1.82) is 0 Å². The van der Waals surface area contributed by atoms with Crippen LogP contribution in [0.25, 0.3) is 0 Å². The van der Waals surface area contributed by atoms with Crippen molar-refractivity contribution in [3.05, 3.63) is 47.3 Å². The smallest absolute Gasteiger partial charge is 0.321 e. The minimum atomic E-state index is -0.136. The highest BCUT2D eigenvalue weighted by Crippen LogP contribution is 2.17. The van der Waals surface area contributed by atoms with Crippen LogP contribution in [-0.4, -0.2) is 52.7 Å². The van der Waals surface area contributed by atoms with Crippen LogP contribution in [0.1, 0.15) is 34.6 Å². The van der Waals surface area contributed by atoms with E-state index in [2.05, 4.69) is 26.1 Å². The minimum absolute atomic E-state index is 0.0576. The average molecular weight is 368 g/mol. The van der Waals surface area contributed by atoms with Gasteiger partial charge in [0, 0.05) is 55.6 Å². The second-order valence-electron chi connectivity index (χ2n) is 6.99. The highest BCUT2D eigenvalue weighted by atomic mass is 16.2. The normalized spacial score (nSPS) is 17.3. The number of nitrogens with zero attached hydrogens (tertiary/aromatic N) is 2. The molecule has 1 fully saturated rings. The summed E-state index contributed by atoms with van der Waals surface area (Å²) in [6.07, 6.45) is 2.34. The highest BCUT2D eigenvalue weighted by molar-refractivity contribution is 5.94.